The molecule has 3 atom stereocenters. The number of benzene rings is 5. The molecule has 0 unspecified atom stereocenters. The third-order valence-electron chi connectivity index (χ3n) is 10.7. The van der Waals surface area contributed by atoms with Gasteiger partial charge in [-0.3, -0.25) is 9.59 Å². The summed E-state index contributed by atoms with van der Waals surface area (Å²) in [6.45, 7) is 5.02. The average molecular weight is 887 g/mol. The molecular weight excluding hydrogens is 829 g/mol. The molecule has 0 aromatic heterocycles. The number of aliphatic carboxylic acids is 2. The molecule has 0 aliphatic carbocycles. The summed E-state index contributed by atoms with van der Waals surface area (Å²) < 4.78 is 11.2. The number of rotatable bonds is 22. The van der Waals surface area contributed by atoms with Crippen LogP contribution in [0.4, 0.5) is 9.59 Å². The third kappa shape index (κ3) is 15.2. The molecule has 5 rings (SSSR count). The zero-order valence-electron chi connectivity index (χ0n) is 37.0. The van der Waals surface area contributed by atoms with E-state index in [1.54, 1.807) is 106 Å². The minimum Gasteiger partial charge on any atom is -0.481 e. The molecule has 5 aromatic rings. The number of carbonyl (C=O) groups excluding carboxylic acids is 4. The van der Waals surface area contributed by atoms with Gasteiger partial charge in [0.15, 0.2) is 0 Å². The van der Waals surface area contributed by atoms with Gasteiger partial charge < -0.3 is 40.5 Å². The van der Waals surface area contributed by atoms with Crippen molar-refractivity contribution in [3.05, 3.63) is 156 Å². The monoisotopic (exact) mass is 886 g/mol. The van der Waals surface area contributed by atoms with Crippen molar-refractivity contribution in [3.8, 4) is 0 Å². The number of amides is 4. The van der Waals surface area contributed by atoms with Crippen LogP contribution < -0.4 is 16.0 Å². The van der Waals surface area contributed by atoms with Gasteiger partial charge in [-0.1, -0.05) is 133 Å². The SMILES string of the molecule is CC(C)(C)OC(=O)N[C@H](Cc1ccc2ccccc2c1)C(=O)NCCCC[C@H](NC(=O)N(Cc1ccccc1)[C@](CCC(=O)O)(Cc1ccccc1)C(=O)O)C(=O)OCc1ccccc1. The lowest BCUT2D eigenvalue weighted by Crippen LogP contribution is -2.62. The van der Waals surface area contributed by atoms with Crippen molar-refractivity contribution in [1.82, 2.24) is 20.9 Å². The van der Waals surface area contributed by atoms with Crippen molar-refractivity contribution in [3.63, 3.8) is 0 Å². The van der Waals surface area contributed by atoms with Gasteiger partial charge in [0, 0.05) is 32.4 Å². The molecule has 5 aromatic carbocycles. The van der Waals surface area contributed by atoms with E-state index in [-0.39, 0.29) is 39.0 Å². The molecule has 0 fully saturated rings. The summed E-state index contributed by atoms with van der Waals surface area (Å²) in [6, 6.07) is 36.8. The number of urea groups is 1. The van der Waals surface area contributed by atoms with E-state index in [1.807, 2.05) is 48.5 Å². The van der Waals surface area contributed by atoms with Crippen LogP contribution in [0, 0.1) is 0 Å². The highest BCUT2D eigenvalue weighted by Gasteiger charge is 2.48. The second-order valence-corrected chi connectivity index (χ2v) is 16.9. The van der Waals surface area contributed by atoms with Gasteiger partial charge in [-0.2, -0.15) is 0 Å². The number of fused-ring (bicyclic) bond motifs is 1. The minimum atomic E-state index is -2.06. The number of unbranched alkanes of at least 4 members (excludes halogenated alkanes) is 1. The first-order chi connectivity index (χ1) is 31.1. The maximum absolute atomic E-state index is 14.7. The van der Waals surface area contributed by atoms with Gasteiger partial charge in [0.25, 0.3) is 0 Å². The second kappa shape index (κ2) is 23.5. The number of carboxylic acid groups (broad SMARTS) is 2. The summed E-state index contributed by atoms with van der Waals surface area (Å²) in [6.07, 6.45) is -1.08. The first kappa shape index (κ1) is 48.8. The van der Waals surface area contributed by atoms with E-state index in [2.05, 4.69) is 16.0 Å². The zero-order chi connectivity index (χ0) is 46.8. The topological polar surface area (TPSA) is 201 Å². The molecule has 4 amide bonds. The van der Waals surface area contributed by atoms with Crippen LogP contribution in [-0.4, -0.2) is 80.8 Å². The van der Waals surface area contributed by atoms with Crippen LogP contribution in [0.1, 0.15) is 75.1 Å². The van der Waals surface area contributed by atoms with Gasteiger partial charge in [0.2, 0.25) is 5.91 Å². The fourth-order valence-corrected chi connectivity index (χ4v) is 7.42. The smallest absolute Gasteiger partial charge is 0.408 e. The van der Waals surface area contributed by atoms with E-state index in [0.717, 1.165) is 21.2 Å². The highest BCUT2D eigenvalue weighted by atomic mass is 16.6. The Labute approximate surface area is 379 Å². The Balaban J connectivity index is 1.35. The summed E-state index contributed by atoms with van der Waals surface area (Å²) >= 11 is 0. The standard InChI is InChI=1S/C51H58N4O10/c1-50(2,3)65-49(63)54-43(32-39-26-27-40-23-13-14-24-41(40)31-39)45(58)52-30-16-15-25-42(46(59)64-35-38-21-11-6-12-22-38)53-48(62)55(34-37-19-9-5-10-20-37)51(47(60)61,29-28-44(56)57)33-36-17-7-4-8-18-36/h4-14,17-24,26-27,31,42-43H,15-16,25,28-30,32-35H2,1-3H3,(H,52,58)(H,53,62)(H,54,63)(H,56,57)(H,60,61)/t42-,43+,51+/m0/s1. The largest absolute Gasteiger partial charge is 0.481 e. The molecule has 14 heteroatoms. The highest BCUT2D eigenvalue weighted by molar-refractivity contribution is 5.90. The number of nitrogens with one attached hydrogen (secondary N) is 3. The highest BCUT2D eigenvalue weighted by Crippen LogP contribution is 2.30. The molecule has 0 spiro atoms. The molecular formula is C51H58N4O10. The average Bonchev–Trinajstić information content (AvgIpc) is 3.28. The minimum absolute atomic E-state index is 0.0406. The molecule has 0 saturated heterocycles. The van der Waals surface area contributed by atoms with Crippen LogP contribution in [0.15, 0.2) is 133 Å². The number of carboxylic acids is 2. The van der Waals surface area contributed by atoms with Crippen LogP contribution in [0.3, 0.4) is 0 Å². The summed E-state index contributed by atoms with van der Waals surface area (Å²) in [5.74, 6) is -3.86. The van der Waals surface area contributed by atoms with E-state index in [1.165, 1.54) is 0 Å². The number of hydrogen-bond acceptors (Lipinski definition) is 8. The fourth-order valence-electron chi connectivity index (χ4n) is 7.42. The predicted octanol–water partition coefficient (Wildman–Crippen LogP) is 7.82. The van der Waals surface area contributed by atoms with Crippen molar-refractivity contribution in [2.24, 2.45) is 0 Å². The van der Waals surface area contributed by atoms with Gasteiger partial charge in [0.1, 0.15) is 29.8 Å². The van der Waals surface area contributed by atoms with Crippen LogP contribution in [-0.2, 0) is 54.6 Å². The Morgan fingerprint density at radius 3 is 1.88 bits per heavy atom. The number of hydrogen-bond donors (Lipinski definition) is 5. The van der Waals surface area contributed by atoms with E-state index in [0.29, 0.717) is 29.5 Å². The molecule has 0 heterocycles. The van der Waals surface area contributed by atoms with E-state index >= 15 is 0 Å². The summed E-state index contributed by atoms with van der Waals surface area (Å²) in [7, 11) is 0. The van der Waals surface area contributed by atoms with Crippen molar-refractivity contribution in [2.75, 3.05) is 6.54 Å². The molecule has 342 valence electrons. The van der Waals surface area contributed by atoms with Crippen LogP contribution in [0.25, 0.3) is 10.8 Å². The van der Waals surface area contributed by atoms with Gasteiger partial charge >= 0.3 is 30.0 Å². The second-order valence-electron chi connectivity index (χ2n) is 16.9. The Morgan fingerprint density at radius 2 is 1.26 bits per heavy atom. The molecule has 14 nitrogen and oxygen atoms in total. The lowest BCUT2D eigenvalue weighted by molar-refractivity contribution is -0.151. The van der Waals surface area contributed by atoms with Crippen LogP contribution in [0.2, 0.25) is 0 Å². The maximum Gasteiger partial charge on any atom is 0.408 e. The Bertz CT molecular complexity index is 2370. The lowest BCUT2D eigenvalue weighted by Gasteiger charge is -2.41. The van der Waals surface area contributed by atoms with E-state index in [9.17, 15) is 39.0 Å². The number of esters is 1. The van der Waals surface area contributed by atoms with Gasteiger partial charge in [0.05, 0.1) is 0 Å². The summed E-state index contributed by atoms with van der Waals surface area (Å²) in [4.78, 5) is 81.7. The van der Waals surface area contributed by atoms with Crippen molar-refractivity contribution in [1.29, 1.82) is 0 Å². The summed E-state index contributed by atoms with van der Waals surface area (Å²) in [5.41, 5.74) is -0.176. The molecule has 0 bridgehead atoms. The Morgan fingerprint density at radius 1 is 0.662 bits per heavy atom. The Hall–Kier alpha value is -7.22. The molecule has 0 radical (unpaired) electrons. The summed E-state index contributed by atoms with van der Waals surface area (Å²) in [5, 5.41) is 31.1. The predicted molar refractivity (Wildman–Crippen MR) is 246 cm³/mol. The van der Waals surface area contributed by atoms with Gasteiger partial charge in [-0.05, 0) is 79.5 Å². The lowest BCUT2D eigenvalue weighted by atomic mass is 9.84. The number of ether oxygens (including phenoxy) is 2. The number of nitrogens with zero attached hydrogens (tertiary/aromatic N) is 1. The zero-order valence-corrected chi connectivity index (χ0v) is 37.0. The third-order valence-corrected chi connectivity index (χ3v) is 10.7. The molecule has 65 heavy (non-hydrogen) atoms. The molecule has 0 aliphatic rings. The van der Waals surface area contributed by atoms with Crippen LogP contribution in [0.5, 0.6) is 0 Å². The van der Waals surface area contributed by atoms with Gasteiger partial charge in [-0.15, -0.1) is 0 Å². The molecule has 0 aliphatic heterocycles. The van der Waals surface area contributed by atoms with Gasteiger partial charge in [-0.25, -0.2) is 19.2 Å². The first-order valence-corrected chi connectivity index (χ1v) is 21.7. The number of carbonyl (C=O) groups is 6. The number of alkyl carbamates (subject to hydrolysis) is 1. The first-order valence-electron chi connectivity index (χ1n) is 21.7. The van der Waals surface area contributed by atoms with Crippen molar-refractivity contribution in [2.45, 2.75) is 102 Å². The van der Waals surface area contributed by atoms with E-state index < -0.39 is 72.0 Å². The van der Waals surface area contributed by atoms with E-state index in [4.69, 9.17) is 9.47 Å². The van der Waals surface area contributed by atoms with Crippen molar-refractivity contribution < 1.29 is 48.5 Å². The molecule has 5 N–H and O–H groups in total. The maximum atomic E-state index is 14.7. The van der Waals surface area contributed by atoms with Crippen molar-refractivity contribution >= 4 is 46.7 Å². The fraction of sp³-hybridized carbons (Fsp3) is 0.333. The quantitative estimate of drug-likeness (QED) is 0.0337. The normalized spacial score (nSPS) is 13.0. The Kier molecular flexibility index (Phi) is 17.6. The molecule has 0 saturated carbocycles. The van der Waals surface area contributed by atoms with Crippen LogP contribution >= 0.6 is 0 Å².